The van der Waals surface area contributed by atoms with E-state index in [0.29, 0.717) is 23.6 Å². The number of benzene rings is 3. The highest BCUT2D eigenvalue weighted by Gasteiger charge is 2.31. The molecule has 0 aromatic heterocycles. The third-order valence-corrected chi connectivity index (χ3v) is 5.68. The predicted octanol–water partition coefficient (Wildman–Crippen LogP) is 4.63. The molecule has 3 aromatic rings. The van der Waals surface area contributed by atoms with E-state index in [1.165, 1.54) is 11.0 Å². The summed E-state index contributed by atoms with van der Waals surface area (Å²) in [7, 11) is 1.57. The van der Waals surface area contributed by atoms with Crippen LogP contribution in [0.15, 0.2) is 78.9 Å². The predicted molar refractivity (Wildman–Crippen MR) is 137 cm³/mol. The second-order valence-electron chi connectivity index (χ2n) is 8.92. The number of hydrogen-bond donors (Lipinski definition) is 1. The van der Waals surface area contributed by atoms with Crippen LogP contribution in [0.2, 0.25) is 0 Å². The van der Waals surface area contributed by atoms with E-state index in [-0.39, 0.29) is 31.4 Å². The van der Waals surface area contributed by atoms with E-state index in [1.807, 2.05) is 44.2 Å². The highest BCUT2D eigenvalue weighted by molar-refractivity contribution is 5.88. The van der Waals surface area contributed by atoms with Crippen molar-refractivity contribution in [2.24, 2.45) is 5.92 Å². The molecule has 190 valence electrons. The SMILES string of the molecule is COc1ccc(OCC(=O)N(Cc2ccccc2F)[C@H](Cc2ccccc2)C(=O)NCC(C)C)cc1. The molecule has 0 aliphatic rings. The van der Waals surface area contributed by atoms with Crippen molar-refractivity contribution in [3.05, 3.63) is 95.8 Å². The summed E-state index contributed by atoms with van der Waals surface area (Å²) in [4.78, 5) is 28.3. The molecule has 0 bridgehead atoms. The molecule has 3 rings (SSSR count). The van der Waals surface area contributed by atoms with E-state index in [9.17, 15) is 14.0 Å². The molecule has 7 heteroatoms. The van der Waals surface area contributed by atoms with Crippen LogP contribution in [-0.2, 0) is 22.6 Å². The summed E-state index contributed by atoms with van der Waals surface area (Å²) < 4.78 is 25.5. The summed E-state index contributed by atoms with van der Waals surface area (Å²) >= 11 is 0. The monoisotopic (exact) mass is 492 g/mol. The quantitative estimate of drug-likeness (QED) is 0.401. The highest BCUT2D eigenvalue weighted by atomic mass is 19.1. The standard InChI is InChI=1S/C29H33FN2O4/c1-21(2)18-31-29(34)27(17-22-9-5-4-6-10-22)32(19-23-11-7-8-12-26(23)30)28(33)20-36-25-15-13-24(35-3)14-16-25/h4-16,21,27H,17-20H2,1-3H3,(H,31,34)/t27-/m1/s1. The van der Waals surface area contributed by atoms with Crippen LogP contribution in [0.4, 0.5) is 4.39 Å². The summed E-state index contributed by atoms with van der Waals surface area (Å²) in [6.45, 7) is 4.09. The first-order chi connectivity index (χ1) is 17.4. The molecule has 6 nitrogen and oxygen atoms in total. The second kappa shape index (κ2) is 13.3. The minimum atomic E-state index is -0.849. The Kier molecular flexibility index (Phi) is 9.86. The molecule has 0 radical (unpaired) electrons. The van der Waals surface area contributed by atoms with E-state index in [1.54, 1.807) is 49.6 Å². The zero-order chi connectivity index (χ0) is 25.9. The maximum atomic E-state index is 14.6. The molecular formula is C29H33FN2O4. The van der Waals surface area contributed by atoms with Crippen molar-refractivity contribution in [3.8, 4) is 11.5 Å². The third kappa shape index (κ3) is 7.83. The van der Waals surface area contributed by atoms with Crippen LogP contribution in [0, 0.1) is 11.7 Å². The van der Waals surface area contributed by atoms with Gasteiger partial charge in [-0.2, -0.15) is 0 Å². The van der Waals surface area contributed by atoms with Crippen molar-refractivity contribution >= 4 is 11.8 Å². The van der Waals surface area contributed by atoms with E-state index in [2.05, 4.69) is 5.32 Å². The van der Waals surface area contributed by atoms with Crippen molar-refractivity contribution in [2.75, 3.05) is 20.3 Å². The van der Waals surface area contributed by atoms with Gasteiger partial charge in [0.15, 0.2) is 6.61 Å². The molecule has 0 saturated carbocycles. The van der Waals surface area contributed by atoms with Gasteiger partial charge in [-0.25, -0.2) is 4.39 Å². The molecule has 0 spiro atoms. The Labute approximate surface area is 212 Å². The van der Waals surface area contributed by atoms with Crippen LogP contribution in [0.1, 0.15) is 25.0 Å². The Balaban J connectivity index is 1.89. The van der Waals surface area contributed by atoms with Crippen molar-refractivity contribution in [1.29, 1.82) is 0 Å². The van der Waals surface area contributed by atoms with Gasteiger partial charge in [0.2, 0.25) is 5.91 Å². The average Bonchev–Trinajstić information content (AvgIpc) is 2.89. The highest BCUT2D eigenvalue weighted by Crippen LogP contribution is 2.19. The van der Waals surface area contributed by atoms with Crippen molar-refractivity contribution in [1.82, 2.24) is 10.2 Å². The molecule has 0 fully saturated rings. The van der Waals surface area contributed by atoms with Gasteiger partial charge in [-0.3, -0.25) is 9.59 Å². The van der Waals surface area contributed by atoms with Crippen LogP contribution in [-0.4, -0.2) is 43.0 Å². The summed E-state index contributed by atoms with van der Waals surface area (Å²) in [6, 6.07) is 21.7. The average molecular weight is 493 g/mol. The maximum absolute atomic E-state index is 14.6. The first-order valence-corrected chi connectivity index (χ1v) is 12.0. The number of ether oxygens (including phenoxy) is 2. The Morgan fingerprint density at radius 2 is 1.56 bits per heavy atom. The number of carbonyl (C=O) groups excluding carboxylic acids is 2. The molecule has 0 saturated heterocycles. The van der Waals surface area contributed by atoms with Gasteiger partial charge in [-0.15, -0.1) is 0 Å². The molecule has 1 atom stereocenters. The van der Waals surface area contributed by atoms with Gasteiger partial charge < -0.3 is 19.7 Å². The minimum Gasteiger partial charge on any atom is -0.497 e. The molecular weight excluding hydrogens is 459 g/mol. The van der Waals surface area contributed by atoms with Crippen LogP contribution in [0.5, 0.6) is 11.5 Å². The van der Waals surface area contributed by atoms with Gasteiger partial charge in [0.05, 0.1) is 7.11 Å². The van der Waals surface area contributed by atoms with Crippen molar-refractivity contribution in [2.45, 2.75) is 32.9 Å². The Hall–Kier alpha value is -3.87. The Morgan fingerprint density at radius 3 is 2.19 bits per heavy atom. The van der Waals surface area contributed by atoms with E-state index in [4.69, 9.17) is 9.47 Å². The number of amides is 2. The summed E-state index contributed by atoms with van der Waals surface area (Å²) in [5.41, 5.74) is 1.22. The molecule has 0 unspecified atom stereocenters. The number of rotatable bonds is 12. The fourth-order valence-electron chi connectivity index (χ4n) is 3.69. The lowest BCUT2D eigenvalue weighted by Gasteiger charge is -2.31. The maximum Gasteiger partial charge on any atom is 0.261 e. The number of nitrogens with one attached hydrogen (secondary N) is 1. The normalized spacial score (nSPS) is 11.6. The fourth-order valence-corrected chi connectivity index (χ4v) is 3.69. The van der Waals surface area contributed by atoms with Gasteiger partial charge >= 0.3 is 0 Å². The van der Waals surface area contributed by atoms with Gasteiger partial charge in [-0.1, -0.05) is 62.4 Å². The van der Waals surface area contributed by atoms with Crippen molar-refractivity contribution in [3.63, 3.8) is 0 Å². The van der Waals surface area contributed by atoms with Gasteiger partial charge in [0.1, 0.15) is 23.4 Å². The second-order valence-corrected chi connectivity index (χ2v) is 8.92. The zero-order valence-electron chi connectivity index (χ0n) is 20.9. The summed E-state index contributed by atoms with van der Waals surface area (Å²) in [5, 5.41) is 2.94. The molecule has 2 amide bonds. The molecule has 0 aliphatic carbocycles. The van der Waals surface area contributed by atoms with Gasteiger partial charge in [-0.05, 0) is 41.8 Å². The molecule has 0 aliphatic heterocycles. The van der Waals surface area contributed by atoms with E-state index in [0.717, 1.165) is 5.56 Å². The number of methoxy groups -OCH3 is 1. The van der Waals surface area contributed by atoms with Crippen LogP contribution in [0.25, 0.3) is 0 Å². The Bertz CT molecular complexity index is 1120. The van der Waals surface area contributed by atoms with Gasteiger partial charge in [0, 0.05) is 25.1 Å². The number of carbonyl (C=O) groups is 2. The minimum absolute atomic E-state index is 0.0654. The number of hydrogen-bond acceptors (Lipinski definition) is 4. The van der Waals surface area contributed by atoms with Crippen LogP contribution < -0.4 is 14.8 Å². The molecule has 3 aromatic carbocycles. The lowest BCUT2D eigenvalue weighted by atomic mass is 10.0. The topological polar surface area (TPSA) is 67.9 Å². The van der Waals surface area contributed by atoms with E-state index >= 15 is 0 Å². The first-order valence-electron chi connectivity index (χ1n) is 12.0. The summed E-state index contributed by atoms with van der Waals surface area (Å²) in [6.07, 6.45) is 0.285. The molecule has 36 heavy (non-hydrogen) atoms. The fraction of sp³-hybridized carbons (Fsp3) is 0.310. The lowest BCUT2D eigenvalue weighted by Crippen LogP contribution is -2.52. The third-order valence-electron chi connectivity index (χ3n) is 5.68. The van der Waals surface area contributed by atoms with Crippen LogP contribution >= 0.6 is 0 Å². The zero-order valence-corrected chi connectivity index (χ0v) is 20.9. The lowest BCUT2D eigenvalue weighted by molar-refractivity contribution is -0.142. The van der Waals surface area contributed by atoms with E-state index < -0.39 is 17.8 Å². The molecule has 0 heterocycles. The smallest absolute Gasteiger partial charge is 0.261 e. The number of nitrogens with zero attached hydrogens (tertiary/aromatic N) is 1. The number of halogens is 1. The van der Waals surface area contributed by atoms with Gasteiger partial charge in [0.25, 0.3) is 5.91 Å². The largest absolute Gasteiger partial charge is 0.497 e. The Morgan fingerprint density at radius 1 is 0.917 bits per heavy atom. The first kappa shape index (κ1) is 26.7. The van der Waals surface area contributed by atoms with Crippen LogP contribution in [0.3, 0.4) is 0 Å². The molecule has 1 N–H and O–H groups in total. The summed E-state index contributed by atoms with van der Waals surface area (Å²) in [5.74, 6) is 0.239. The van der Waals surface area contributed by atoms with Crippen molar-refractivity contribution < 1.29 is 23.5 Å².